The van der Waals surface area contributed by atoms with Crippen molar-refractivity contribution < 1.29 is 15.3 Å². The van der Waals surface area contributed by atoms with Crippen LogP contribution in [0.15, 0.2) is 0 Å². The molecule has 54 valence electrons. The number of hydrogen-bond donors (Lipinski definition) is 4. The lowest BCUT2D eigenvalue weighted by atomic mass is 10.1. The lowest BCUT2D eigenvalue weighted by Gasteiger charge is -2.11. The Kier molecular flexibility index (Phi) is 2.02. The van der Waals surface area contributed by atoms with Crippen molar-refractivity contribution >= 4 is 0 Å². The summed E-state index contributed by atoms with van der Waals surface area (Å²) >= 11 is 0. The topological polar surface area (TPSA) is 72.7 Å². The van der Waals surface area contributed by atoms with E-state index in [1.54, 1.807) is 0 Å². The third-order valence-electron chi connectivity index (χ3n) is 1.59. The summed E-state index contributed by atoms with van der Waals surface area (Å²) in [7, 11) is 0. The Morgan fingerprint density at radius 3 is 2.33 bits per heavy atom. The highest BCUT2D eigenvalue weighted by atomic mass is 16.3. The van der Waals surface area contributed by atoms with Crippen molar-refractivity contribution in [1.29, 1.82) is 0 Å². The molecule has 0 saturated carbocycles. The van der Waals surface area contributed by atoms with E-state index in [9.17, 15) is 0 Å². The predicted molar refractivity (Wildman–Crippen MR) is 30.9 cm³/mol. The van der Waals surface area contributed by atoms with Crippen molar-refractivity contribution in [3.63, 3.8) is 0 Å². The van der Waals surface area contributed by atoms with Crippen LogP contribution in [0, 0.1) is 0 Å². The molecule has 3 atom stereocenters. The highest BCUT2D eigenvalue weighted by Gasteiger charge is 2.31. The maximum Gasteiger partial charge on any atom is 0.0986 e. The van der Waals surface area contributed by atoms with Crippen LogP contribution in [0.3, 0.4) is 0 Å². The van der Waals surface area contributed by atoms with E-state index in [1.807, 2.05) is 0 Å². The molecule has 4 N–H and O–H groups in total. The SMILES string of the molecule is OCC1NC[C@H](O)[C@H]1O. The Bertz CT molecular complexity index is 98.2. The van der Waals surface area contributed by atoms with E-state index in [1.165, 1.54) is 0 Å². The third kappa shape index (κ3) is 1.21. The number of hydrogen-bond acceptors (Lipinski definition) is 4. The largest absolute Gasteiger partial charge is 0.395 e. The van der Waals surface area contributed by atoms with E-state index in [0.29, 0.717) is 6.54 Å². The zero-order valence-corrected chi connectivity index (χ0v) is 4.99. The van der Waals surface area contributed by atoms with Gasteiger partial charge in [-0.25, -0.2) is 0 Å². The van der Waals surface area contributed by atoms with Crippen LogP contribution in [0.4, 0.5) is 0 Å². The molecule has 0 spiro atoms. The summed E-state index contributed by atoms with van der Waals surface area (Å²) in [6.07, 6.45) is -1.53. The first-order chi connectivity index (χ1) is 4.25. The molecule has 0 amide bonds. The molecule has 0 aromatic rings. The Hall–Kier alpha value is -0.160. The highest BCUT2D eigenvalue weighted by Crippen LogP contribution is 2.05. The smallest absolute Gasteiger partial charge is 0.0986 e. The number of aliphatic hydroxyl groups is 3. The Balaban J connectivity index is 2.41. The third-order valence-corrected chi connectivity index (χ3v) is 1.59. The van der Waals surface area contributed by atoms with Gasteiger partial charge in [0.05, 0.1) is 24.9 Å². The number of rotatable bonds is 1. The first-order valence-corrected chi connectivity index (χ1v) is 2.96. The molecule has 0 bridgehead atoms. The van der Waals surface area contributed by atoms with Gasteiger partial charge in [0, 0.05) is 6.54 Å². The monoisotopic (exact) mass is 133 g/mol. The molecular weight excluding hydrogens is 122 g/mol. The van der Waals surface area contributed by atoms with Gasteiger partial charge in [0.15, 0.2) is 0 Å². The normalized spacial score (nSPS) is 43.7. The second-order valence-electron chi connectivity index (χ2n) is 2.26. The van der Waals surface area contributed by atoms with Crippen LogP contribution < -0.4 is 5.32 Å². The van der Waals surface area contributed by atoms with Gasteiger partial charge in [0.2, 0.25) is 0 Å². The van der Waals surface area contributed by atoms with Gasteiger partial charge in [-0.3, -0.25) is 0 Å². The summed E-state index contributed by atoms with van der Waals surface area (Å²) in [4.78, 5) is 0. The molecule has 0 aromatic heterocycles. The summed E-state index contributed by atoms with van der Waals surface area (Å²) in [6, 6.07) is -0.347. The molecule has 9 heavy (non-hydrogen) atoms. The summed E-state index contributed by atoms with van der Waals surface area (Å²) in [5, 5.41) is 29.1. The molecule has 4 nitrogen and oxygen atoms in total. The van der Waals surface area contributed by atoms with Crippen LogP contribution in [-0.4, -0.2) is 46.7 Å². The molecule has 4 heteroatoms. The first-order valence-electron chi connectivity index (χ1n) is 2.96. The van der Waals surface area contributed by atoms with Gasteiger partial charge in [0.25, 0.3) is 0 Å². The maximum absolute atomic E-state index is 8.98. The van der Waals surface area contributed by atoms with Gasteiger partial charge in [-0.15, -0.1) is 0 Å². The second-order valence-corrected chi connectivity index (χ2v) is 2.26. The van der Waals surface area contributed by atoms with Crippen molar-refractivity contribution in [2.45, 2.75) is 18.2 Å². The number of β-amino-alcohol motifs (C(OH)–C–C–N with tert-alkyl or cyclic N) is 1. The van der Waals surface area contributed by atoms with Gasteiger partial charge in [-0.1, -0.05) is 0 Å². The van der Waals surface area contributed by atoms with E-state index in [-0.39, 0.29) is 12.6 Å². The standard InChI is InChI=1S/C5H11NO3/c7-2-3-5(9)4(8)1-6-3/h3-9H,1-2H2/t3?,4-,5-/m0/s1. The van der Waals surface area contributed by atoms with Crippen LogP contribution in [0.25, 0.3) is 0 Å². The molecule has 1 unspecified atom stereocenters. The molecule has 0 aromatic carbocycles. The quantitative estimate of drug-likeness (QED) is 0.324. The van der Waals surface area contributed by atoms with Gasteiger partial charge in [-0.05, 0) is 0 Å². The van der Waals surface area contributed by atoms with E-state index in [0.717, 1.165) is 0 Å². The van der Waals surface area contributed by atoms with E-state index >= 15 is 0 Å². The van der Waals surface area contributed by atoms with Crippen molar-refractivity contribution in [2.24, 2.45) is 0 Å². The lowest BCUT2D eigenvalue weighted by molar-refractivity contribution is 0.0295. The summed E-state index contributed by atoms with van der Waals surface area (Å²) in [5.41, 5.74) is 0. The van der Waals surface area contributed by atoms with Crippen LogP contribution in [0.5, 0.6) is 0 Å². The van der Waals surface area contributed by atoms with Crippen LogP contribution in [0.1, 0.15) is 0 Å². The fourth-order valence-corrected chi connectivity index (χ4v) is 0.954. The fourth-order valence-electron chi connectivity index (χ4n) is 0.954. The van der Waals surface area contributed by atoms with Crippen molar-refractivity contribution in [3.05, 3.63) is 0 Å². The lowest BCUT2D eigenvalue weighted by Crippen LogP contribution is -2.35. The van der Waals surface area contributed by atoms with Crippen LogP contribution in [0.2, 0.25) is 0 Å². The molecule has 1 rings (SSSR count). The van der Waals surface area contributed by atoms with Gasteiger partial charge >= 0.3 is 0 Å². The molecule has 1 aliphatic heterocycles. The second kappa shape index (κ2) is 2.62. The molecule has 1 saturated heterocycles. The molecule has 0 radical (unpaired) electrons. The summed E-state index contributed by atoms with van der Waals surface area (Å²) in [5.74, 6) is 0. The minimum absolute atomic E-state index is 0.127. The highest BCUT2D eigenvalue weighted by molar-refractivity contribution is 4.89. The Morgan fingerprint density at radius 1 is 1.44 bits per heavy atom. The average molecular weight is 133 g/mol. The average Bonchev–Trinajstić information content (AvgIpc) is 2.15. The predicted octanol–water partition coefficient (Wildman–Crippen LogP) is -2.33. The Labute approximate surface area is 53.1 Å². The summed E-state index contributed by atoms with van der Waals surface area (Å²) in [6.45, 7) is 0.241. The zero-order chi connectivity index (χ0) is 6.85. The van der Waals surface area contributed by atoms with Crippen LogP contribution in [-0.2, 0) is 0 Å². The van der Waals surface area contributed by atoms with E-state index in [2.05, 4.69) is 5.32 Å². The molecular formula is C5H11NO3. The molecule has 1 heterocycles. The minimum atomic E-state index is -0.810. The van der Waals surface area contributed by atoms with Gasteiger partial charge in [0.1, 0.15) is 0 Å². The minimum Gasteiger partial charge on any atom is -0.395 e. The summed E-state index contributed by atoms with van der Waals surface area (Å²) < 4.78 is 0. The number of nitrogens with one attached hydrogen (secondary N) is 1. The van der Waals surface area contributed by atoms with Gasteiger partial charge < -0.3 is 20.6 Å². The van der Waals surface area contributed by atoms with Crippen molar-refractivity contribution in [1.82, 2.24) is 5.32 Å². The van der Waals surface area contributed by atoms with Crippen molar-refractivity contribution in [3.8, 4) is 0 Å². The first kappa shape index (κ1) is 6.95. The molecule has 0 aliphatic carbocycles. The maximum atomic E-state index is 8.98. The molecule has 1 aliphatic rings. The number of aliphatic hydroxyl groups excluding tert-OH is 3. The van der Waals surface area contributed by atoms with Crippen LogP contribution >= 0.6 is 0 Å². The zero-order valence-electron chi connectivity index (χ0n) is 4.99. The van der Waals surface area contributed by atoms with Gasteiger partial charge in [-0.2, -0.15) is 0 Å². The molecule has 1 fully saturated rings. The van der Waals surface area contributed by atoms with E-state index < -0.39 is 12.2 Å². The fraction of sp³-hybridized carbons (Fsp3) is 1.00. The Morgan fingerprint density at radius 2 is 2.11 bits per heavy atom. The van der Waals surface area contributed by atoms with E-state index in [4.69, 9.17) is 15.3 Å². The van der Waals surface area contributed by atoms with Crippen molar-refractivity contribution in [2.75, 3.05) is 13.2 Å².